The van der Waals surface area contributed by atoms with E-state index in [9.17, 15) is 9.90 Å². The Bertz CT molecular complexity index is 417. The van der Waals surface area contributed by atoms with Crippen molar-refractivity contribution in [2.24, 2.45) is 0 Å². The summed E-state index contributed by atoms with van der Waals surface area (Å²) >= 11 is 0. The van der Waals surface area contributed by atoms with Gasteiger partial charge in [0.15, 0.2) is 0 Å². The Morgan fingerprint density at radius 2 is 2.39 bits per heavy atom. The fraction of sp³-hybridized carbons (Fsp3) is 0.538. The van der Waals surface area contributed by atoms with E-state index in [-0.39, 0.29) is 11.9 Å². The Morgan fingerprint density at radius 1 is 1.61 bits per heavy atom. The minimum absolute atomic E-state index is 0.0725. The summed E-state index contributed by atoms with van der Waals surface area (Å²) in [6.07, 6.45) is 1.93. The van der Waals surface area contributed by atoms with Crippen LogP contribution in [0.4, 0.5) is 5.69 Å². The summed E-state index contributed by atoms with van der Waals surface area (Å²) < 4.78 is 0. The highest BCUT2D eigenvalue weighted by Crippen LogP contribution is 2.21. The lowest BCUT2D eigenvalue weighted by Gasteiger charge is -2.36. The molecular formula is C13H19N3O2. The van der Waals surface area contributed by atoms with Crippen LogP contribution in [0.1, 0.15) is 32.1 Å². The van der Waals surface area contributed by atoms with Gasteiger partial charge in [-0.05, 0) is 25.5 Å². The van der Waals surface area contributed by atoms with Crippen LogP contribution in [0.5, 0.6) is 0 Å². The second-order valence-corrected chi connectivity index (χ2v) is 4.53. The van der Waals surface area contributed by atoms with Gasteiger partial charge >= 0.3 is 0 Å². The molecule has 0 aromatic carbocycles. The van der Waals surface area contributed by atoms with Crippen molar-refractivity contribution < 1.29 is 9.90 Å². The molecule has 0 spiro atoms. The molecular weight excluding hydrogens is 230 g/mol. The molecule has 18 heavy (non-hydrogen) atoms. The molecule has 2 atom stereocenters. The Hall–Kier alpha value is -1.62. The number of amides is 1. The van der Waals surface area contributed by atoms with E-state index in [2.05, 4.69) is 15.2 Å². The van der Waals surface area contributed by atoms with Gasteiger partial charge in [-0.3, -0.25) is 9.78 Å². The lowest BCUT2D eigenvalue weighted by atomic mass is 10.1. The number of hydrogen-bond acceptors (Lipinski definition) is 4. The quantitative estimate of drug-likeness (QED) is 0.833. The first kappa shape index (κ1) is 12.8. The second kappa shape index (κ2) is 5.35. The van der Waals surface area contributed by atoms with Gasteiger partial charge in [0.2, 0.25) is 5.91 Å². The molecule has 1 aromatic heterocycles. The molecule has 98 valence electrons. The number of piperazine rings is 1. The molecule has 1 amide bonds. The van der Waals surface area contributed by atoms with E-state index < -0.39 is 6.10 Å². The van der Waals surface area contributed by atoms with Crippen LogP contribution in [0.2, 0.25) is 0 Å². The standard InChI is InChI=1S/C13H19N3O2/c1-3-12-13(18)14-6-7-16(12)10-4-5-11(9(2)17)15-8-10/h4-5,8-9,12,17H,3,6-7H2,1-2H3,(H,14,18)/t9-,12?/m0/s1. The number of nitrogens with zero attached hydrogens (tertiary/aromatic N) is 2. The number of rotatable bonds is 3. The normalized spacial score (nSPS) is 21.6. The van der Waals surface area contributed by atoms with Gasteiger partial charge in [0, 0.05) is 13.1 Å². The number of carbonyl (C=O) groups excluding carboxylic acids is 1. The number of aromatic nitrogens is 1. The first-order valence-corrected chi connectivity index (χ1v) is 6.32. The maximum Gasteiger partial charge on any atom is 0.242 e. The lowest BCUT2D eigenvalue weighted by Crippen LogP contribution is -2.55. The van der Waals surface area contributed by atoms with Gasteiger partial charge in [-0.25, -0.2) is 0 Å². The molecule has 1 saturated heterocycles. The molecule has 0 aliphatic carbocycles. The van der Waals surface area contributed by atoms with Gasteiger partial charge in [0.05, 0.1) is 23.7 Å². The number of aliphatic hydroxyl groups is 1. The van der Waals surface area contributed by atoms with Crippen LogP contribution in [-0.4, -0.2) is 35.1 Å². The molecule has 1 unspecified atom stereocenters. The monoisotopic (exact) mass is 249 g/mol. The van der Waals surface area contributed by atoms with E-state index in [0.29, 0.717) is 12.2 Å². The third-order valence-electron chi connectivity index (χ3n) is 3.25. The van der Waals surface area contributed by atoms with Crippen molar-refractivity contribution in [1.29, 1.82) is 0 Å². The molecule has 1 aromatic rings. The first-order chi connectivity index (χ1) is 8.63. The van der Waals surface area contributed by atoms with Gasteiger partial charge in [0.25, 0.3) is 0 Å². The zero-order valence-electron chi connectivity index (χ0n) is 10.8. The average Bonchev–Trinajstić information content (AvgIpc) is 2.38. The van der Waals surface area contributed by atoms with Crippen molar-refractivity contribution in [3.8, 4) is 0 Å². The van der Waals surface area contributed by atoms with Gasteiger partial charge in [-0.2, -0.15) is 0 Å². The number of aliphatic hydroxyl groups excluding tert-OH is 1. The molecule has 1 aliphatic heterocycles. The molecule has 5 heteroatoms. The van der Waals surface area contributed by atoms with Crippen LogP contribution in [0.15, 0.2) is 18.3 Å². The second-order valence-electron chi connectivity index (χ2n) is 4.53. The number of hydrogen-bond donors (Lipinski definition) is 2. The zero-order chi connectivity index (χ0) is 13.1. The predicted octanol–water partition coefficient (Wildman–Crippen LogP) is 0.850. The minimum atomic E-state index is -0.564. The zero-order valence-corrected chi connectivity index (χ0v) is 10.8. The van der Waals surface area contributed by atoms with Crippen molar-refractivity contribution in [2.75, 3.05) is 18.0 Å². The van der Waals surface area contributed by atoms with Crippen molar-refractivity contribution in [3.63, 3.8) is 0 Å². The summed E-state index contributed by atoms with van der Waals surface area (Å²) in [7, 11) is 0. The van der Waals surface area contributed by atoms with Gasteiger partial charge < -0.3 is 15.3 Å². The van der Waals surface area contributed by atoms with Crippen molar-refractivity contribution in [3.05, 3.63) is 24.0 Å². The SMILES string of the molecule is CCC1C(=O)NCCN1c1ccc([C@H](C)O)nc1. The molecule has 0 radical (unpaired) electrons. The van der Waals surface area contributed by atoms with Gasteiger partial charge in [0.1, 0.15) is 6.04 Å². The van der Waals surface area contributed by atoms with Crippen LogP contribution >= 0.6 is 0 Å². The molecule has 0 saturated carbocycles. The van der Waals surface area contributed by atoms with E-state index in [4.69, 9.17) is 0 Å². The highest BCUT2D eigenvalue weighted by Gasteiger charge is 2.28. The maximum absolute atomic E-state index is 11.8. The highest BCUT2D eigenvalue weighted by atomic mass is 16.3. The molecule has 2 N–H and O–H groups in total. The summed E-state index contributed by atoms with van der Waals surface area (Å²) in [6, 6.07) is 3.59. The summed E-state index contributed by atoms with van der Waals surface area (Å²) in [6.45, 7) is 5.14. The summed E-state index contributed by atoms with van der Waals surface area (Å²) in [5.41, 5.74) is 1.58. The molecule has 5 nitrogen and oxygen atoms in total. The van der Waals surface area contributed by atoms with Crippen LogP contribution in [0.3, 0.4) is 0 Å². The van der Waals surface area contributed by atoms with Crippen LogP contribution < -0.4 is 10.2 Å². The fourth-order valence-electron chi connectivity index (χ4n) is 2.24. The van der Waals surface area contributed by atoms with Gasteiger partial charge in [-0.15, -0.1) is 0 Å². The van der Waals surface area contributed by atoms with Crippen LogP contribution in [0, 0.1) is 0 Å². The predicted molar refractivity (Wildman–Crippen MR) is 69.3 cm³/mol. The minimum Gasteiger partial charge on any atom is -0.387 e. The number of carbonyl (C=O) groups is 1. The Morgan fingerprint density at radius 3 is 2.94 bits per heavy atom. The average molecular weight is 249 g/mol. The van der Waals surface area contributed by atoms with Crippen molar-refractivity contribution in [1.82, 2.24) is 10.3 Å². The topological polar surface area (TPSA) is 65.5 Å². The number of anilines is 1. The largest absolute Gasteiger partial charge is 0.387 e. The van der Waals surface area contributed by atoms with Gasteiger partial charge in [-0.1, -0.05) is 6.92 Å². The van der Waals surface area contributed by atoms with E-state index in [0.717, 1.165) is 18.7 Å². The van der Waals surface area contributed by atoms with Crippen molar-refractivity contribution >= 4 is 11.6 Å². The smallest absolute Gasteiger partial charge is 0.242 e. The van der Waals surface area contributed by atoms with Crippen LogP contribution in [0.25, 0.3) is 0 Å². The summed E-state index contributed by atoms with van der Waals surface area (Å²) in [5, 5.41) is 12.3. The van der Waals surface area contributed by atoms with E-state index in [1.807, 2.05) is 13.0 Å². The van der Waals surface area contributed by atoms with E-state index in [1.165, 1.54) is 0 Å². The molecule has 1 aliphatic rings. The Labute approximate surface area is 107 Å². The summed E-state index contributed by atoms with van der Waals surface area (Å²) in [5.74, 6) is 0.0725. The lowest BCUT2D eigenvalue weighted by molar-refractivity contribution is -0.123. The first-order valence-electron chi connectivity index (χ1n) is 6.32. The molecule has 1 fully saturated rings. The third-order valence-corrected chi connectivity index (χ3v) is 3.25. The van der Waals surface area contributed by atoms with E-state index >= 15 is 0 Å². The molecule has 2 heterocycles. The molecule has 2 rings (SSSR count). The maximum atomic E-state index is 11.8. The summed E-state index contributed by atoms with van der Waals surface area (Å²) in [4.78, 5) is 18.1. The number of pyridine rings is 1. The van der Waals surface area contributed by atoms with E-state index in [1.54, 1.807) is 19.2 Å². The Kier molecular flexibility index (Phi) is 3.81. The number of nitrogens with one attached hydrogen (secondary N) is 1. The molecule has 0 bridgehead atoms. The Balaban J connectivity index is 2.21. The third kappa shape index (κ3) is 2.46. The van der Waals surface area contributed by atoms with Crippen LogP contribution in [-0.2, 0) is 4.79 Å². The van der Waals surface area contributed by atoms with Crippen molar-refractivity contribution in [2.45, 2.75) is 32.4 Å². The fourth-order valence-corrected chi connectivity index (χ4v) is 2.24. The highest BCUT2D eigenvalue weighted by molar-refractivity contribution is 5.86.